The zero-order valence-corrected chi connectivity index (χ0v) is 17.6. The molecule has 2 rings (SSSR count). The van der Waals surface area contributed by atoms with Crippen molar-refractivity contribution in [3.05, 3.63) is 64.6 Å². The zero-order valence-electron chi connectivity index (χ0n) is 15.2. The molecule has 0 aromatic heterocycles. The van der Waals surface area contributed by atoms with Crippen molar-refractivity contribution in [1.82, 2.24) is 10.0 Å². The van der Waals surface area contributed by atoms with E-state index in [1.54, 1.807) is 36.4 Å². The lowest BCUT2D eigenvalue weighted by Crippen LogP contribution is -2.34. The molecule has 0 bridgehead atoms. The van der Waals surface area contributed by atoms with Crippen molar-refractivity contribution < 1.29 is 22.7 Å². The Labute approximate surface area is 172 Å². The van der Waals surface area contributed by atoms with Gasteiger partial charge < -0.3 is 10.1 Å². The molecule has 0 aliphatic carbocycles. The molecule has 0 heterocycles. The Hall–Kier alpha value is -2.23. The monoisotopic (exact) mass is 468 g/mol. The Morgan fingerprint density at radius 2 is 1.71 bits per heavy atom. The molecule has 0 radical (unpaired) electrons. The second-order valence-corrected chi connectivity index (χ2v) is 8.60. The number of carbonyl (C=O) groups is 2. The highest BCUT2D eigenvalue weighted by Crippen LogP contribution is 2.17. The molecule has 9 heteroatoms. The maximum Gasteiger partial charge on any atom is 0.307 e. The van der Waals surface area contributed by atoms with Gasteiger partial charge in [-0.1, -0.05) is 46.3 Å². The molecule has 7 nitrogen and oxygen atoms in total. The van der Waals surface area contributed by atoms with Crippen LogP contribution in [-0.4, -0.2) is 33.9 Å². The molecule has 0 spiro atoms. The first-order valence-electron chi connectivity index (χ1n) is 8.48. The van der Waals surface area contributed by atoms with Gasteiger partial charge in [-0.2, -0.15) is 0 Å². The fourth-order valence-electron chi connectivity index (χ4n) is 2.45. The number of ether oxygens (including phenoxy) is 1. The number of hydrogen-bond acceptors (Lipinski definition) is 5. The van der Waals surface area contributed by atoms with Crippen LogP contribution in [0, 0.1) is 0 Å². The Kier molecular flexibility index (Phi) is 8.16. The Morgan fingerprint density at radius 1 is 1.07 bits per heavy atom. The van der Waals surface area contributed by atoms with E-state index in [0.717, 1.165) is 10.0 Å². The van der Waals surface area contributed by atoms with E-state index in [0.29, 0.717) is 0 Å². The predicted molar refractivity (Wildman–Crippen MR) is 108 cm³/mol. The van der Waals surface area contributed by atoms with Crippen LogP contribution in [-0.2, 0) is 24.3 Å². The largest absolute Gasteiger partial charge is 0.469 e. The summed E-state index contributed by atoms with van der Waals surface area (Å²) in [7, 11) is -2.42. The van der Waals surface area contributed by atoms with Gasteiger partial charge in [0.2, 0.25) is 15.9 Å². The van der Waals surface area contributed by atoms with Gasteiger partial charge in [0.05, 0.1) is 24.5 Å². The number of nitrogens with one attached hydrogen (secondary N) is 2. The molecule has 1 unspecified atom stereocenters. The van der Waals surface area contributed by atoms with E-state index in [1.807, 2.05) is 6.07 Å². The fraction of sp³-hybridized carbons (Fsp3) is 0.263. The molecule has 2 N–H and O–H groups in total. The predicted octanol–water partition coefficient (Wildman–Crippen LogP) is 2.54. The van der Waals surface area contributed by atoms with Gasteiger partial charge >= 0.3 is 5.97 Å². The molecule has 0 saturated carbocycles. The van der Waals surface area contributed by atoms with E-state index in [-0.39, 0.29) is 30.2 Å². The summed E-state index contributed by atoms with van der Waals surface area (Å²) in [6, 6.07) is 14.7. The Balaban J connectivity index is 1.93. The number of rotatable bonds is 9. The van der Waals surface area contributed by atoms with Crippen LogP contribution in [0.3, 0.4) is 0 Å². The topological polar surface area (TPSA) is 102 Å². The average molecular weight is 469 g/mol. The van der Waals surface area contributed by atoms with Gasteiger partial charge in [-0.25, -0.2) is 13.1 Å². The highest BCUT2D eigenvalue weighted by atomic mass is 79.9. The molecular weight excluding hydrogens is 448 g/mol. The van der Waals surface area contributed by atoms with E-state index in [2.05, 4.69) is 30.7 Å². The van der Waals surface area contributed by atoms with Crippen molar-refractivity contribution in [2.45, 2.75) is 23.8 Å². The van der Waals surface area contributed by atoms with E-state index >= 15 is 0 Å². The van der Waals surface area contributed by atoms with Crippen LogP contribution >= 0.6 is 15.9 Å². The highest BCUT2D eigenvalue weighted by Gasteiger charge is 2.19. The first-order chi connectivity index (χ1) is 13.3. The Bertz CT molecular complexity index is 902. The summed E-state index contributed by atoms with van der Waals surface area (Å²) >= 11 is 3.25. The van der Waals surface area contributed by atoms with Crippen LogP contribution in [0.25, 0.3) is 0 Å². The molecule has 0 aliphatic heterocycles. The van der Waals surface area contributed by atoms with Gasteiger partial charge in [0.1, 0.15) is 0 Å². The third kappa shape index (κ3) is 6.74. The molecule has 0 saturated heterocycles. The first-order valence-corrected chi connectivity index (χ1v) is 10.8. The van der Waals surface area contributed by atoms with Crippen molar-refractivity contribution >= 4 is 37.8 Å². The smallest absolute Gasteiger partial charge is 0.307 e. The van der Waals surface area contributed by atoms with Gasteiger partial charge in [-0.05, 0) is 29.8 Å². The number of sulfonamides is 1. The molecule has 1 amide bonds. The van der Waals surface area contributed by atoms with Crippen LogP contribution in [0.4, 0.5) is 0 Å². The minimum absolute atomic E-state index is 0.0170. The SMILES string of the molecule is COC(=O)CC(NC(=O)CCNS(=O)(=O)c1ccc(Br)cc1)c1ccccc1. The maximum atomic E-state index is 12.3. The number of halogens is 1. The van der Waals surface area contributed by atoms with E-state index in [4.69, 9.17) is 0 Å². The van der Waals surface area contributed by atoms with Gasteiger partial charge in [0.15, 0.2) is 0 Å². The van der Waals surface area contributed by atoms with Gasteiger partial charge in [-0.3, -0.25) is 9.59 Å². The fourth-order valence-corrected chi connectivity index (χ4v) is 3.75. The van der Waals surface area contributed by atoms with Gasteiger partial charge in [0, 0.05) is 17.4 Å². The second-order valence-electron chi connectivity index (χ2n) is 5.91. The number of methoxy groups -OCH3 is 1. The minimum atomic E-state index is -3.70. The van der Waals surface area contributed by atoms with Crippen molar-refractivity contribution in [3.63, 3.8) is 0 Å². The molecule has 0 aliphatic rings. The average Bonchev–Trinajstić information content (AvgIpc) is 2.68. The first kappa shape index (κ1) is 22.1. The lowest BCUT2D eigenvalue weighted by atomic mass is 10.0. The summed E-state index contributed by atoms with van der Waals surface area (Å²) in [5.41, 5.74) is 0.761. The minimum Gasteiger partial charge on any atom is -0.469 e. The lowest BCUT2D eigenvalue weighted by Gasteiger charge is -2.18. The summed E-state index contributed by atoms with van der Waals surface area (Å²) in [5, 5.41) is 2.75. The molecule has 150 valence electrons. The molecule has 28 heavy (non-hydrogen) atoms. The molecule has 1 atom stereocenters. The van der Waals surface area contributed by atoms with Crippen LogP contribution < -0.4 is 10.0 Å². The zero-order chi connectivity index (χ0) is 20.6. The molecule has 2 aromatic carbocycles. The number of benzene rings is 2. The van der Waals surface area contributed by atoms with Crippen LogP contribution in [0.15, 0.2) is 64.0 Å². The lowest BCUT2D eigenvalue weighted by molar-refractivity contribution is -0.141. The van der Waals surface area contributed by atoms with E-state index in [9.17, 15) is 18.0 Å². The molecule has 2 aromatic rings. The number of carbonyl (C=O) groups excluding carboxylic acids is 2. The summed E-state index contributed by atoms with van der Waals surface area (Å²) in [4.78, 5) is 24.0. The van der Waals surface area contributed by atoms with Crippen molar-refractivity contribution in [1.29, 1.82) is 0 Å². The number of amides is 1. The number of esters is 1. The quantitative estimate of drug-likeness (QED) is 0.550. The second kappa shape index (κ2) is 10.4. The van der Waals surface area contributed by atoms with Crippen LogP contribution in [0.5, 0.6) is 0 Å². The van der Waals surface area contributed by atoms with Crippen molar-refractivity contribution in [2.24, 2.45) is 0 Å². The molecular formula is C19H21BrN2O5S. The normalized spacial score (nSPS) is 12.2. The Morgan fingerprint density at radius 3 is 2.32 bits per heavy atom. The number of hydrogen-bond donors (Lipinski definition) is 2. The van der Waals surface area contributed by atoms with Crippen molar-refractivity contribution in [3.8, 4) is 0 Å². The summed E-state index contributed by atoms with van der Waals surface area (Å²) in [6.07, 6.45) is -0.0862. The van der Waals surface area contributed by atoms with E-state index < -0.39 is 22.0 Å². The van der Waals surface area contributed by atoms with Crippen molar-refractivity contribution in [2.75, 3.05) is 13.7 Å². The van der Waals surface area contributed by atoms with Crippen LogP contribution in [0.1, 0.15) is 24.4 Å². The van der Waals surface area contributed by atoms with Gasteiger partial charge in [0.25, 0.3) is 0 Å². The maximum absolute atomic E-state index is 12.3. The third-order valence-corrected chi connectivity index (χ3v) is 5.91. The third-order valence-electron chi connectivity index (χ3n) is 3.90. The summed E-state index contributed by atoms with van der Waals surface area (Å²) in [5.74, 6) is -0.832. The summed E-state index contributed by atoms with van der Waals surface area (Å²) in [6.45, 7) is -0.0655. The van der Waals surface area contributed by atoms with E-state index in [1.165, 1.54) is 19.2 Å². The standard InChI is InChI=1S/C19H21BrN2O5S/c1-27-19(24)13-17(14-5-3-2-4-6-14)22-18(23)11-12-21-28(25,26)16-9-7-15(20)8-10-16/h2-10,17,21H,11-13H2,1H3,(H,22,23). The highest BCUT2D eigenvalue weighted by molar-refractivity contribution is 9.10. The van der Waals surface area contributed by atoms with Gasteiger partial charge in [-0.15, -0.1) is 0 Å². The summed E-state index contributed by atoms with van der Waals surface area (Å²) < 4.78 is 32.3. The molecule has 0 fully saturated rings. The van der Waals surface area contributed by atoms with Crippen LogP contribution in [0.2, 0.25) is 0 Å².